The highest BCUT2D eigenvalue weighted by Gasteiger charge is 2.23. The molecule has 0 amide bonds. The van der Waals surface area contributed by atoms with Crippen LogP contribution in [0.25, 0.3) is 0 Å². The molecule has 1 aliphatic heterocycles. The van der Waals surface area contributed by atoms with E-state index >= 15 is 0 Å². The van der Waals surface area contributed by atoms with Gasteiger partial charge in [-0.3, -0.25) is 9.88 Å². The van der Waals surface area contributed by atoms with E-state index in [0.29, 0.717) is 17.8 Å². The minimum absolute atomic E-state index is 0.108. The zero-order valence-corrected chi connectivity index (χ0v) is 14.9. The maximum atomic E-state index is 10.3. The SMILES string of the molecule is Cc1cccc(OC2CCN(Cc3c(CO)cnc(C)c3O)CC2)c1. The summed E-state index contributed by atoms with van der Waals surface area (Å²) in [7, 11) is 0. The molecule has 0 unspecified atom stereocenters. The number of nitrogens with zero attached hydrogens (tertiary/aromatic N) is 2. The van der Waals surface area contributed by atoms with Crippen LogP contribution in [0.1, 0.15) is 35.2 Å². The van der Waals surface area contributed by atoms with Gasteiger partial charge in [0, 0.05) is 37.0 Å². The Hall–Kier alpha value is -2.11. The van der Waals surface area contributed by atoms with Gasteiger partial charge < -0.3 is 14.9 Å². The first-order valence-electron chi connectivity index (χ1n) is 8.79. The van der Waals surface area contributed by atoms with E-state index in [9.17, 15) is 10.2 Å². The van der Waals surface area contributed by atoms with Gasteiger partial charge in [-0.1, -0.05) is 12.1 Å². The number of piperidine rings is 1. The summed E-state index contributed by atoms with van der Waals surface area (Å²) < 4.78 is 6.10. The highest BCUT2D eigenvalue weighted by atomic mass is 16.5. The fraction of sp³-hybridized carbons (Fsp3) is 0.450. The summed E-state index contributed by atoms with van der Waals surface area (Å²) in [5.41, 5.74) is 3.29. The summed E-state index contributed by atoms with van der Waals surface area (Å²) in [6.07, 6.45) is 3.78. The average Bonchev–Trinajstić information content (AvgIpc) is 2.61. The van der Waals surface area contributed by atoms with Crippen LogP contribution in [0, 0.1) is 13.8 Å². The number of ether oxygens (including phenoxy) is 1. The molecule has 134 valence electrons. The van der Waals surface area contributed by atoms with Gasteiger partial charge in [-0.15, -0.1) is 0 Å². The Labute approximate surface area is 148 Å². The zero-order chi connectivity index (χ0) is 17.8. The van der Waals surface area contributed by atoms with Crippen molar-refractivity contribution < 1.29 is 14.9 Å². The standard InChI is InChI=1S/C20H26N2O3/c1-14-4-3-5-18(10-14)25-17-6-8-22(9-7-17)12-19-16(13-23)11-21-15(2)20(19)24/h3-5,10-11,17,23-24H,6-9,12-13H2,1-2H3. The van der Waals surface area contributed by atoms with Gasteiger partial charge in [0.1, 0.15) is 17.6 Å². The van der Waals surface area contributed by atoms with E-state index in [1.807, 2.05) is 12.1 Å². The van der Waals surface area contributed by atoms with Crippen molar-refractivity contribution >= 4 is 0 Å². The van der Waals surface area contributed by atoms with Gasteiger partial charge >= 0.3 is 0 Å². The number of hydrogen-bond acceptors (Lipinski definition) is 5. The first kappa shape index (κ1) is 17.7. The van der Waals surface area contributed by atoms with Crippen molar-refractivity contribution in [2.45, 2.75) is 45.9 Å². The molecule has 1 aliphatic rings. The second kappa shape index (κ2) is 7.85. The van der Waals surface area contributed by atoms with Gasteiger partial charge in [0.25, 0.3) is 0 Å². The number of aromatic nitrogens is 1. The van der Waals surface area contributed by atoms with Crippen molar-refractivity contribution in [2.24, 2.45) is 0 Å². The van der Waals surface area contributed by atoms with Crippen LogP contribution in [0.15, 0.2) is 30.5 Å². The number of aromatic hydroxyl groups is 1. The molecular formula is C20H26N2O3. The number of likely N-dealkylation sites (tertiary alicyclic amines) is 1. The molecule has 5 nitrogen and oxygen atoms in total. The van der Waals surface area contributed by atoms with Crippen LogP contribution in [0.3, 0.4) is 0 Å². The number of aryl methyl sites for hydroxylation is 2. The highest BCUT2D eigenvalue weighted by molar-refractivity contribution is 5.40. The molecule has 3 rings (SSSR count). The van der Waals surface area contributed by atoms with E-state index in [1.54, 1.807) is 13.1 Å². The first-order valence-corrected chi connectivity index (χ1v) is 8.79. The van der Waals surface area contributed by atoms with Crippen molar-refractivity contribution in [3.05, 3.63) is 52.8 Å². The van der Waals surface area contributed by atoms with E-state index in [-0.39, 0.29) is 18.5 Å². The maximum Gasteiger partial charge on any atom is 0.141 e. The number of benzene rings is 1. The zero-order valence-electron chi connectivity index (χ0n) is 14.9. The van der Waals surface area contributed by atoms with Crippen molar-refractivity contribution in [1.82, 2.24) is 9.88 Å². The lowest BCUT2D eigenvalue weighted by atomic mass is 10.0. The second-order valence-corrected chi connectivity index (χ2v) is 6.76. The van der Waals surface area contributed by atoms with E-state index in [2.05, 4.69) is 28.9 Å². The van der Waals surface area contributed by atoms with Gasteiger partial charge in [-0.2, -0.15) is 0 Å². The summed E-state index contributed by atoms with van der Waals surface area (Å²) in [4.78, 5) is 6.42. The molecular weight excluding hydrogens is 316 g/mol. The third-order valence-electron chi connectivity index (χ3n) is 4.81. The molecule has 0 spiro atoms. The lowest BCUT2D eigenvalue weighted by Gasteiger charge is -2.32. The molecule has 1 aromatic carbocycles. The van der Waals surface area contributed by atoms with Crippen LogP contribution < -0.4 is 4.74 Å². The van der Waals surface area contributed by atoms with E-state index in [4.69, 9.17) is 4.74 Å². The van der Waals surface area contributed by atoms with Gasteiger partial charge in [-0.25, -0.2) is 0 Å². The normalized spacial score (nSPS) is 16.1. The Bertz CT molecular complexity index is 725. The number of aliphatic hydroxyl groups is 1. The number of hydrogen-bond donors (Lipinski definition) is 2. The van der Waals surface area contributed by atoms with Crippen LogP contribution in [-0.4, -0.2) is 39.3 Å². The third kappa shape index (κ3) is 4.30. The summed E-state index contributed by atoms with van der Waals surface area (Å²) >= 11 is 0. The molecule has 0 atom stereocenters. The number of aliphatic hydroxyl groups excluding tert-OH is 1. The molecule has 2 aromatic rings. The topological polar surface area (TPSA) is 65.8 Å². The van der Waals surface area contributed by atoms with Crippen LogP contribution in [0.2, 0.25) is 0 Å². The minimum Gasteiger partial charge on any atom is -0.506 e. The molecule has 0 radical (unpaired) electrons. The Morgan fingerprint density at radius 3 is 2.68 bits per heavy atom. The number of pyridine rings is 1. The maximum absolute atomic E-state index is 10.3. The van der Waals surface area contributed by atoms with Gasteiger partial charge in [-0.05, 0) is 44.4 Å². The van der Waals surface area contributed by atoms with Crippen molar-refractivity contribution in [3.63, 3.8) is 0 Å². The smallest absolute Gasteiger partial charge is 0.141 e. The molecule has 0 bridgehead atoms. The van der Waals surface area contributed by atoms with Gasteiger partial charge in [0.2, 0.25) is 0 Å². The minimum atomic E-state index is -0.108. The first-order chi connectivity index (χ1) is 12.1. The lowest BCUT2D eigenvalue weighted by Crippen LogP contribution is -2.38. The summed E-state index contributed by atoms with van der Waals surface area (Å²) in [5.74, 6) is 1.13. The Kier molecular flexibility index (Phi) is 5.56. The third-order valence-corrected chi connectivity index (χ3v) is 4.81. The molecule has 1 saturated heterocycles. The number of rotatable bonds is 5. The Morgan fingerprint density at radius 2 is 2.00 bits per heavy atom. The molecule has 1 aromatic heterocycles. The summed E-state index contributed by atoms with van der Waals surface area (Å²) in [6, 6.07) is 8.16. The summed E-state index contributed by atoms with van der Waals surface area (Å²) in [5, 5.41) is 19.8. The average molecular weight is 342 g/mol. The van der Waals surface area contributed by atoms with Crippen LogP contribution >= 0.6 is 0 Å². The van der Waals surface area contributed by atoms with Crippen molar-refractivity contribution in [2.75, 3.05) is 13.1 Å². The summed E-state index contributed by atoms with van der Waals surface area (Å²) in [6.45, 7) is 6.18. The molecule has 5 heteroatoms. The second-order valence-electron chi connectivity index (χ2n) is 6.76. The van der Waals surface area contributed by atoms with Crippen LogP contribution in [0.4, 0.5) is 0 Å². The fourth-order valence-corrected chi connectivity index (χ4v) is 3.29. The Balaban J connectivity index is 1.59. The van der Waals surface area contributed by atoms with Gasteiger partial charge in [0.05, 0.1) is 12.3 Å². The largest absolute Gasteiger partial charge is 0.506 e. The van der Waals surface area contributed by atoms with E-state index in [0.717, 1.165) is 37.2 Å². The van der Waals surface area contributed by atoms with Gasteiger partial charge in [0.15, 0.2) is 0 Å². The molecule has 25 heavy (non-hydrogen) atoms. The quantitative estimate of drug-likeness (QED) is 0.874. The molecule has 2 heterocycles. The molecule has 2 N–H and O–H groups in total. The fourth-order valence-electron chi connectivity index (χ4n) is 3.29. The molecule has 1 fully saturated rings. The van der Waals surface area contributed by atoms with Crippen molar-refractivity contribution in [1.29, 1.82) is 0 Å². The predicted molar refractivity (Wildman–Crippen MR) is 96.7 cm³/mol. The molecule has 0 aliphatic carbocycles. The monoisotopic (exact) mass is 342 g/mol. The highest BCUT2D eigenvalue weighted by Crippen LogP contribution is 2.27. The van der Waals surface area contributed by atoms with Crippen molar-refractivity contribution in [3.8, 4) is 11.5 Å². The molecule has 0 saturated carbocycles. The van der Waals surface area contributed by atoms with E-state index < -0.39 is 0 Å². The van der Waals surface area contributed by atoms with Crippen LogP contribution in [0.5, 0.6) is 11.5 Å². The predicted octanol–water partition coefficient (Wildman–Crippen LogP) is 2.94. The van der Waals surface area contributed by atoms with E-state index in [1.165, 1.54) is 5.56 Å². The lowest BCUT2D eigenvalue weighted by molar-refractivity contribution is 0.0958. The van der Waals surface area contributed by atoms with Crippen LogP contribution in [-0.2, 0) is 13.2 Å². The Morgan fingerprint density at radius 1 is 1.24 bits per heavy atom.